The quantitative estimate of drug-likeness (QED) is 0.463. The van der Waals surface area contributed by atoms with Crippen molar-refractivity contribution in [1.82, 2.24) is 5.32 Å². The molecule has 0 aliphatic heterocycles. The number of hydrogen-bond donors (Lipinski definition) is 2. The molecule has 0 bridgehead atoms. The molecule has 1 atom stereocenters. The third-order valence-corrected chi connectivity index (χ3v) is 3.72. The lowest BCUT2D eigenvalue weighted by molar-refractivity contribution is -0.142. The van der Waals surface area contributed by atoms with Gasteiger partial charge in [0, 0.05) is 14.2 Å². The Kier molecular flexibility index (Phi) is 6.20. The molecule has 1 unspecified atom stereocenters. The Hall–Kier alpha value is -0.950. The van der Waals surface area contributed by atoms with Crippen molar-refractivity contribution in [3.05, 3.63) is 0 Å². The second-order valence-electron chi connectivity index (χ2n) is 2.60. The predicted molar refractivity (Wildman–Crippen MR) is 54.6 cm³/mol. The van der Waals surface area contributed by atoms with E-state index in [1.165, 1.54) is 0 Å². The fraction of sp³-hybridized carbons (Fsp3) is 0.714. The number of nitrogens with two attached hydrogens (primary N) is 1. The van der Waals surface area contributed by atoms with Gasteiger partial charge in [0.25, 0.3) is 0 Å². The molecule has 9 heteroatoms. The van der Waals surface area contributed by atoms with Crippen LogP contribution in [0.15, 0.2) is 0 Å². The van der Waals surface area contributed by atoms with Crippen LogP contribution < -0.4 is 11.1 Å². The number of methoxy groups -OCH3 is 1. The van der Waals surface area contributed by atoms with Gasteiger partial charge in [0.1, 0.15) is 0 Å². The lowest BCUT2D eigenvalue weighted by Gasteiger charge is -2.22. The largest absolute Gasteiger partial charge is 0.467 e. The summed E-state index contributed by atoms with van der Waals surface area (Å²) in [5, 5.41) is 2.11. The number of rotatable bonds is 6. The molecule has 0 aliphatic carbocycles. The monoisotopic (exact) mass is 254 g/mol. The highest BCUT2D eigenvalue weighted by Gasteiger charge is 2.41. The van der Waals surface area contributed by atoms with Crippen LogP contribution in [0.3, 0.4) is 0 Å². The lowest BCUT2D eigenvalue weighted by Crippen LogP contribution is -2.44. The van der Waals surface area contributed by atoms with Gasteiger partial charge in [0.2, 0.25) is 11.7 Å². The molecule has 8 nitrogen and oxygen atoms in total. The van der Waals surface area contributed by atoms with Gasteiger partial charge in [-0.05, 0) is 0 Å². The fourth-order valence-electron chi connectivity index (χ4n) is 0.875. The van der Waals surface area contributed by atoms with Crippen molar-refractivity contribution in [1.29, 1.82) is 0 Å². The fourth-order valence-corrected chi connectivity index (χ4v) is 2.11. The van der Waals surface area contributed by atoms with Gasteiger partial charge in [-0.15, -0.1) is 0 Å². The van der Waals surface area contributed by atoms with Crippen LogP contribution in [0.25, 0.3) is 0 Å². The normalized spacial score (nSPS) is 13.0. The van der Waals surface area contributed by atoms with Gasteiger partial charge in [0.05, 0.1) is 13.7 Å². The van der Waals surface area contributed by atoms with Crippen molar-refractivity contribution in [2.24, 2.45) is 5.73 Å². The van der Waals surface area contributed by atoms with E-state index < -0.39 is 25.3 Å². The third-order valence-electron chi connectivity index (χ3n) is 1.73. The molecule has 94 valence electrons. The van der Waals surface area contributed by atoms with Gasteiger partial charge in [0.15, 0.2) is 0 Å². The van der Waals surface area contributed by atoms with Crippen LogP contribution in [-0.2, 0) is 27.9 Å². The molecule has 0 aromatic rings. The molecule has 0 aliphatic rings. The van der Waals surface area contributed by atoms with E-state index in [0.717, 1.165) is 21.3 Å². The summed E-state index contributed by atoms with van der Waals surface area (Å²) >= 11 is 0. The molecule has 0 aromatic heterocycles. The molecule has 0 fully saturated rings. The van der Waals surface area contributed by atoms with Gasteiger partial charge >= 0.3 is 13.6 Å². The Labute approximate surface area is 92.9 Å². The van der Waals surface area contributed by atoms with Crippen LogP contribution >= 0.6 is 7.60 Å². The minimum Gasteiger partial charge on any atom is -0.467 e. The SMILES string of the molecule is COC(=O)C(NC(=O)CN)P(=O)(OC)OC. The first-order chi connectivity index (χ1) is 7.45. The standard InChI is InChI=1S/C7H15N2O6P/c1-13-7(11)6(9-5(10)4-8)16(12,14-2)15-3/h6H,4,8H2,1-3H3,(H,9,10). The number of ether oxygens (including phenoxy) is 1. The Morgan fingerprint density at radius 3 is 2.12 bits per heavy atom. The van der Waals surface area contributed by atoms with Crippen LogP contribution in [-0.4, -0.2) is 45.5 Å². The van der Waals surface area contributed by atoms with Crippen LogP contribution in [0.1, 0.15) is 0 Å². The average Bonchev–Trinajstić information content (AvgIpc) is 2.33. The van der Waals surface area contributed by atoms with Crippen molar-refractivity contribution in [3.8, 4) is 0 Å². The minimum atomic E-state index is -3.79. The van der Waals surface area contributed by atoms with E-state index in [-0.39, 0.29) is 6.54 Å². The summed E-state index contributed by atoms with van der Waals surface area (Å²) in [5.41, 5.74) is 5.05. The Morgan fingerprint density at radius 2 is 1.81 bits per heavy atom. The van der Waals surface area contributed by atoms with Crippen LogP contribution in [0.5, 0.6) is 0 Å². The zero-order chi connectivity index (χ0) is 12.8. The van der Waals surface area contributed by atoms with E-state index in [0.29, 0.717) is 0 Å². The number of esters is 1. The maximum absolute atomic E-state index is 11.9. The smallest absolute Gasteiger partial charge is 0.363 e. The van der Waals surface area contributed by atoms with Crippen molar-refractivity contribution in [2.75, 3.05) is 27.9 Å². The van der Waals surface area contributed by atoms with E-state index in [2.05, 4.69) is 19.1 Å². The molecule has 0 saturated heterocycles. The van der Waals surface area contributed by atoms with E-state index >= 15 is 0 Å². The van der Waals surface area contributed by atoms with Crippen molar-refractivity contribution < 1.29 is 27.9 Å². The van der Waals surface area contributed by atoms with E-state index in [9.17, 15) is 14.2 Å². The molecule has 0 radical (unpaired) electrons. The van der Waals surface area contributed by atoms with Gasteiger partial charge in [-0.1, -0.05) is 0 Å². The molecule has 16 heavy (non-hydrogen) atoms. The number of hydrogen-bond acceptors (Lipinski definition) is 7. The zero-order valence-electron chi connectivity index (χ0n) is 9.26. The van der Waals surface area contributed by atoms with Crippen LogP contribution in [0.2, 0.25) is 0 Å². The summed E-state index contributed by atoms with van der Waals surface area (Å²) in [6.07, 6.45) is 0. The van der Waals surface area contributed by atoms with Crippen molar-refractivity contribution in [3.63, 3.8) is 0 Å². The van der Waals surface area contributed by atoms with E-state index in [1.807, 2.05) is 0 Å². The molecule has 0 heterocycles. The van der Waals surface area contributed by atoms with E-state index in [1.54, 1.807) is 0 Å². The summed E-state index contributed by atoms with van der Waals surface area (Å²) in [5.74, 6) is -3.14. The highest BCUT2D eigenvalue weighted by atomic mass is 31.2. The van der Waals surface area contributed by atoms with Gasteiger partial charge in [-0.25, -0.2) is 4.79 Å². The first kappa shape index (κ1) is 15.0. The Balaban J connectivity index is 5.00. The summed E-state index contributed by atoms with van der Waals surface area (Å²) in [6.45, 7) is -0.360. The molecule has 0 saturated carbocycles. The molecule has 0 aromatic carbocycles. The highest BCUT2D eigenvalue weighted by Crippen LogP contribution is 2.50. The first-order valence-corrected chi connectivity index (χ1v) is 5.84. The van der Waals surface area contributed by atoms with Gasteiger partial charge < -0.3 is 24.8 Å². The first-order valence-electron chi connectivity index (χ1n) is 4.23. The number of amides is 1. The lowest BCUT2D eigenvalue weighted by atomic mass is 10.5. The maximum atomic E-state index is 11.9. The molecule has 3 N–H and O–H groups in total. The number of carbonyl (C=O) groups is 2. The topological polar surface area (TPSA) is 117 Å². The summed E-state index contributed by atoms with van der Waals surface area (Å²) in [7, 11) is -0.526. The molecule has 1 amide bonds. The van der Waals surface area contributed by atoms with Crippen molar-refractivity contribution >= 4 is 19.5 Å². The molecule has 0 rings (SSSR count). The Morgan fingerprint density at radius 1 is 1.31 bits per heavy atom. The maximum Gasteiger partial charge on any atom is 0.363 e. The predicted octanol–water partition coefficient (Wildman–Crippen LogP) is -0.954. The summed E-state index contributed by atoms with van der Waals surface area (Å²) in [4.78, 5) is 22.4. The van der Waals surface area contributed by atoms with Crippen molar-refractivity contribution in [2.45, 2.75) is 5.78 Å². The van der Waals surface area contributed by atoms with Gasteiger partial charge in [-0.2, -0.15) is 0 Å². The number of nitrogens with one attached hydrogen (secondary N) is 1. The van der Waals surface area contributed by atoms with E-state index in [4.69, 9.17) is 5.73 Å². The zero-order valence-corrected chi connectivity index (χ0v) is 10.2. The molecular formula is C7H15N2O6P. The molecule has 0 spiro atoms. The summed E-state index contributed by atoms with van der Waals surface area (Å²) < 4.78 is 25.5. The summed E-state index contributed by atoms with van der Waals surface area (Å²) in [6, 6.07) is 0. The third kappa shape index (κ3) is 3.57. The molecular weight excluding hydrogens is 239 g/mol. The highest BCUT2D eigenvalue weighted by molar-refractivity contribution is 7.55. The van der Waals surface area contributed by atoms with Crippen LogP contribution in [0, 0.1) is 0 Å². The van der Waals surface area contributed by atoms with Gasteiger partial charge in [-0.3, -0.25) is 9.36 Å². The number of carbonyl (C=O) groups excluding carboxylic acids is 2. The second-order valence-corrected chi connectivity index (χ2v) is 4.93. The average molecular weight is 254 g/mol. The Bertz CT molecular complexity index is 299. The van der Waals surface area contributed by atoms with Crippen LogP contribution in [0.4, 0.5) is 0 Å². The minimum absolute atomic E-state index is 0.360. The second kappa shape index (κ2) is 6.59.